The summed E-state index contributed by atoms with van der Waals surface area (Å²) in [6, 6.07) is 0. The number of nitrogens with two attached hydrogens (primary N) is 1. The van der Waals surface area contributed by atoms with Crippen molar-refractivity contribution in [2.24, 2.45) is 5.50 Å². The third-order valence-electron chi connectivity index (χ3n) is 0.400. The first kappa shape index (κ1) is 10.1. The summed E-state index contributed by atoms with van der Waals surface area (Å²) in [6.07, 6.45) is 4.31. The molecule has 8 heteroatoms. The zero-order valence-electron chi connectivity index (χ0n) is 5.40. The number of nitrogens with zero attached hydrogens (tertiary/aromatic N) is 3. The first-order valence-corrected chi connectivity index (χ1v) is 4.07. The highest BCUT2D eigenvalue weighted by molar-refractivity contribution is 7.49. The lowest BCUT2D eigenvalue weighted by atomic mass is 11.1. The van der Waals surface area contributed by atoms with Gasteiger partial charge in [-0.2, -0.15) is 0 Å². The lowest BCUT2D eigenvalue weighted by molar-refractivity contribution is 0.374. The van der Waals surface area contributed by atoms with Crippen LogP contribution in [0.1, 0.15) is 0 Å². The summed E-state index contributed by atoms with van der Waals surface area (Å²) >= 11 is 0. The van der Waals surface area contributed by atoms with E-state index in [0.717, 1.165) is 0 Å². The molecule has 7 nitrogen and oxygen atoms in total. The maximum absolute atomic E-state index is 9.10. The first-order chi connectivity index (χ1) is 5.00. The monoisotopic (exact) mass is 178 g/mol. The molecule has 1 aromatic rings. The van der Waals surface area contributed by atoms with Gasteiger partial charge in [-0.15, -0.1) is 0 Å². The third-order valence-corrected chi connectivity index (χ3v) is 0.400. The van der Waals surface area contributed by atoms with E-state index in [2.05, 4.69) is 20.5 Å². The maximum Gasteiger partial charge on any atom is 0.397 e. The Labute approximate surface area is 62.5 Å². The summed E-state index contributed by atoms with van der Waals surface area (Å²) < 4.78 is 9.10. The van der Waals surface area contributed by atoms with Gasteiger partial charge < -0.3 is 9.79 Å². The molecule has 0 aliphatic rings. The Bertz CT molecular complexity index is 188. The van der Waals surface area contributed by atoms with Crippen molar-refractivity contribution in [1.82, 2.24) is 15.0 Å². The Kier molecular flexibility index (Phi) is 4.47. The van der Waals surface area contributed by atoms with E-state index in [-0.39, 0.29) is 0 Å². The van der Waals surface area contributed by atoms with Crippen LogP contribution in [0.25, 0.3) is 0 Å². The summed E-state index contributed by atoms with van der Waals surface area (Å²) in [5, 5.41) is 0. The average Bonchev–Trinajstić information content (AvgIpc) is 1.88. The SMILES string of the molecule is NP(=O)(O)O.c1ncncn1. The van der Waals surface area contributed by atoms with Crippen molar-refractivity contribution in [2.45, 2.75) is 0 Å². The Balaban J connectivity index is 0.000000187. The number of aromatic nitrogens is 3. The molecule has 0 amide bonds. The highest BCUT2D eigenvalue weighted by Crippen LogP contribution is 2.20. The van der Waals surface area contributed by atoms with Gasteiger partial charge in [-0.25, -0.2) is 25.0 Å². The summed E-state index contributed by atoms with van der Waals surface area (Å²) in [5.41, 5.74) is 4.02. The minimum absolute atomic E-state index is 1.44. The van der Waals surface area contributed by atoms with Crippen LogP contribution in [0, 0.1) is 0 Å². The second-order valence-electron chi connectivity index (χ2n) is 1.38. The first-order valence-electron chi connectivity index (χ1n) is 2.39. The molecule has 1 rings (SSSR count). The number of hydrogen-bond acceptors (Lipinski definition) is 4. The quantitative estimate of drug-likeness (QED) is 0.431. The van der Waals surface area contributed by atoms with Gasteiger partial charge in [-0.1, -0.05) is 0 Å². The van der Waals surface area contributed by atoms with E-state index in [1.807, 2.05) is 0 Å². The number of hydrogen-bond donors (Lipinski definition) is 3. The molecule has 62 valence electrons. The molecule has 0 unspecified atom stereocenters. The topological polar surface area (TPSA) is 122 Å². The van der Waals surface area contributed by atoms with Gasteiger partial charge in [0.2, 0.25) is 0 Å². The van der Waals surface area contributed by atoms with Gasteiger partial charge in [-0.3, -0.25) is 0 Å². The van der Waals surface area contributed by atoms with Gasteiger partial charge in [0, 0.05) is 0 Å². The predicted octanol–water partition coefficient (Wildman–Crippen LogP) is -1.09. The van der Waals surface area contributed by atoms with Crippen LogP contribution in [0.15, 0.2) is 19.0 Å². The molecule has 0 aliphatic heterocycles. The zero-order valence-corrected chi connectivity index (χ0v) is 6.30. The van der Waals surface area contributed by atoms with Crippen LogP contribution in [0.5, 0.6) is 0 Å². The Morgan fingerprint density at radius 3 is 1.36 bits per heavy atom. The second kappa shape index (κ2) is 4.86. The van der Waals surface area contributed by atoms with Crippen LogP contribution in [0.3, 0.4) is 0 Å². The lowest BCUT2D eigenvalue weighted by Crippen LogP contribution is -1.87. The minimum Gasteiger partial charge on any atom is -0.313 e. The molecule has 0 atom stereocenters. The Morgan fingerprint density at radius 1 is 1.09 bits per heavy atom. The maximum atomic E-state index is 9.10. The Hall–Kier alpha value is -0.880. The molecule has 0 bridgehead atoms. The lowest BCUT2D eigenvalue weighted by Gasteiger charge is -1.84. The zero-order chi connectivity index (χ0) is 8.74. The van der Waals surface area contributed by atoms with Crippen LogP contribution in [-0.4, -0.2) is 24.7 Å². The highest BCUT2D eigenvalue weighted by Gasteiger charge is 1.96. The van der Waals surface area contributed by atoms with Crippen LogP contribution in [0.4, 0.5) is 0 Å². The smallest absolute Gasteiger partial charge is 0.313 e. The highest BCUT2D eigenvalue weighted by atomic mass is 31.2. The molecule has 1 aromatic heterocycles. The molecule has 1 heterocycles. The third kappa shape index (κ3) is 17.6. The van der Waals surface area contributed by atoms with Crippen LogP contribution in [-0.2, 0) is 4.57 Å². The molecule has 4 N–H and O–H groups in total. The van der Waals surface area contributed by atoms with Crippen molar-refractivity contribution < 1.29 is 14.4 Å². The molecule has 0 aromatic carbocycles. The normalized spacial score (nSPS) is 9.73. The van der Waals surface area contributed by atoms with Gasteiger partial charge in [0.25, 0.3) is 0 Å². The molecule has 0 fully saturated rings. The summed E-state index contributed by atoms with van der Waals surface area (Å²) in [6.45, 7) is 0. The van der Waals surface area contributed by atoms with Crippen molar-refractivity contribution in [2.75, 3.05) is 0 Å². The molecular weight excluding hydrogens is 171 g/mol. The fourth-order valence-corrected chi connectivity index (χ4v) is 0.205. The largest absolute Gasteiger partial charge is 0.397 e. The molecule has 0 aliphatic carbocycles. The second-order valence-corrected chi connectivity index (χ2v) is 2.56. The van der Waals surface area contributed by atoms with E-state index in [4.69, 9.17) is 14.4 Å². The standard InChI is InChI=1S/C3H3N3.H4NO3P/c1-4-2-6-3-5-1;1-5(2,3)4/h1-3H;(H4,1,2,3,4). The predicted molar refractivity (Wildman–Crippen MR) is 36.1 cm³/mol. The van der Waals surface area contributed by atoms with Gasteiger partial charge in [0.1, 0.15) is 19.0 Å². The molecule has 0 saturated heterocycles. The van der Waals surface area contributed by atoms with Gasteiger partial charge in [0.15, 0.2) is 0 Å². The molecule has 0 saturated carbocycles. The van der Waals surface area contributed by atoms with Crippen LogP contribution < -0.4 is 5.50 Å². The van der Waals surface area contributed by atoms with Crippen molar-refractivity contribution in [3.8, 4) is 0 Å². The average molecular weight is 178 g/mol. The van der Waals surface area contributed by atoms with E-state index in [1.54, 1.807) is 0 Å². The van der Waals surface area contributed by atoms with Crippen molar-refractivity contribution in [3.63, 3.8) is 0 Å². The van der Waals surface area contributed by atoms with Gasteiger partial charge >= 0.3 is 7.75 Å². The van der Waals surface area contributed by atoms with Gasteiger partial charge in [-0.05, 0) is 0 Å². The van der Waals surface area contributed by atoms with Crippen molar-refractivity contribution in [3.05, 3.63) is 19.0 Å². The fourth-order valence-electron chi connectivity index (χ4n) is 0.205. The molecule has 11 heavy (non-hydrogen) atoms. The summed E-state index contributed by atoms with van der Waals surface area (Å²) in [7, 11) is -4.14. The van der Waals surface area contributed by atoms with Gasteiger partial charge in [0.05, 0.1) is 0 Å². The Morgan fingerprint density at radius 2 is 1.27 bits per heavy atom. The van der Waals surface area contributed by atoms with Crippen molar-refractivity contribution >= 4 is 7.75 Å². The van der Waals surface area contributed by atoms with E-state index in [9.17, 15) is 0 Å². The van der Waals surface area contributed by atoms with Crippen LogP contribution in [0.2, 0.25) is 0 Å². The summed E-state index contributed by atoms with van der Waals surface area (Å²) in [5.74, 6) is 0. The number of rotatable bonds is 0. The van der Waals surface area contributed by atoms with Crippen LogP contribution >= 0.6 is 7.75 Å². The minimum atomic E-state index is -4.14. The van der Waals surface area contributed by atoms with E-state index in [0.29, 0.717) is 0 Å². The van der Waals surface area contributed by atoms with E-state index in [1.165, 1.54) is 19.0 Å². The molecular formula is C3H7N4O3P. The van der Waals surface area contributed by atoms with E-state index < -0.39 is 7.75 Å². The van der Waals surface area contributed by atoms with Crippen molar-refractivity contribution in [1.29, 1.82) is 0 Å². The summed E-state index contributed by atoms with van der Waals surface area (Å²) in [4.78, 5) is 25.5. The fraction of sp³-hybridized carbons (Fsp3) is 0. The van der Waals surface area contributed by atoms with E-state index >= 15 is 0 Å². The molecule has 0 radical (unpaired) electrons. The molecule has 0 spiro atoms.